The van der Waals surface area contributed by atoms with E-state index in [-0.39, 0.29) is 5.88 Å². The van der Waals surface area contributed by atoms with Crippen LogP contribution < -0.4 is 0 Å². The predicted molar refractivity (Wildman–Crippen MR) is 47.6 cm³/mol. The summed E-state index contributed by atoms with van der Waals surface area (Å²) in [6.07, 6.45) is 1.80. The monoisotopic (exact) mass is 201 g/mol. The molecule has 0 bridgehead atoms. The van der Waals surface area contributed by atoms with Crippen molar-refractivity contribution in [3.05, 3.63) is 29.3 Å². The van der Waals surface area contributed by atoms with E-state index in [2.05, 4.69) is 10.1 Å². The second kappa shape index (κ2) is 2.92. The van der Waals surface area contributed by atoms with Crippen molar-refractivity contribution in [1.82, 2.24) is 14.6 Å². The maximum Gasteiger partial charge on any atom is 0.165 e. The summed E-state index contributed by atoms with van der Waals surface area (Å²) in [6, 6.07) is 3.70. The highest BCUT2D eigenvalue weighted by Gasteiger charge is 2.03. The molecular weight excluding hydrogens is 197 g/mol. The highest BCUT2D eigenvalue weighted by Crippen LogP contribution is 2.14. The Hall–Kier alpha value is -0.800. The van der Waals surface area contributed by atoms with Gasteiger partial charge in [0.15, 0.2) is 11.0 Å². The fourth-order valence-electron chi connectivity index (χ4n) is 0.997. The number of halogens is 2. The van der Waals surface area contributed by atoms with Crippen LogP contribution in [0.1, 0.15) is 5.82 Å². The van der Waals surface area contributed by atoms with Crippen LogP contribution in [0.15, 0.2) is 18.3 Å². The van der Waals surface area contributed by atoms with Gasteiger partial charge in [-0.05, 0) is 12.1 Å². The number of rotatable bonds is 1. The van der Waals surface area contributed by atoms with E-state index in [4.69, 9.17) is 23.2 Å². The van der Waals surface area contributed by atoms with Gasteiger partial charge in [-0.25, -0.2) is 9.50 Å². The molecule has 0 amide bonds. The van der Waals surface area contributed by atoms with E-state index < -0.39 is 0 Å². The van der Waals surface area contributed by atoms with Crippen molar-refractivity contribution in [3.8, 4) is 0 Å². The second-order valence-corrected chi connectivity index (χ2v) is 2.92. The smallest absolute Gasteiger partial charge is 0.165 e. The minimum Gasteiger partial charge on any atom is -0.236 e. The van der Waals surface area contributed by atoms with Gasteiger partial charge >= 0.3 is 0 Å². The lowest BCUT2D eigenvalue weighted by Gasteiger charge is -1.98. The summed E-state index contributed by atoms with van der Waals surface area (Å²) in [5.74, 6) is 0.804. The van der Waals surface area contributed by atoms with E-state index in [0.717, 1.165) is 5.52 Å². The number of fused-ring (bicyclic) bond motifs is 1. The van der Waals surface area contributed by atoms with Crippen LogP contribution in [0, 0.1) is 0 Å². The van der Waals surface area contributed by atoms with E-state index >= 15 is 0 Å². The third-order valence-electron chi connectivity index (χ3n) is 1.51. The normalized spacial score (nSPS) is 10.8. The second-order valence-electron chi connectivity index (χ2n) is 2.29. The van der Waals surface area contributed by atoms with Gasteiger partial charge in [-0.15, -0.1) is 11.6 Å². The Bertz CT molecular complexity index is 410. The Balaban J connectivity index is 2.75. The maximum absolute atomic E-state index is 5.85. The zero-order chi connectivity index (χ0) is 8.55. The largest absolute Gasteiger partial charge is 0.236 e. The fourth-order valence-corrected chi connectivity index (χ4v) is 1.36. The van der Waals surface area contributed by atoms with E-state index in [1.807, 2.05) is 12.1 Å². The molecule has 0 fully saturated rings. The van der Waals surface area contributed by atoms with Crippen LogP contribution in [-0.2, 0) is 5.88 Å². The highest BCUT2D eigenvalue weighted by molar-refractivity contribution is 6.32. The Morgan fingerprint density at radius 2 is 2.33 bits per heavy atom. The first-order chi connectivity index (χ1) is 5.81. The van der Waals surface area contributed by atoms with Crippen molar-refractivity contribution < 1.29 is 0 Å². The van der Waals surface area contributed by atoms with Crippen molar-refractivity contribution in [3.63, 3.8) is 0 Å². The van der Waals surface area contributed by atoms with Crippen LogP contribution in [0.5, 0.6) is 0 Å². The van der Waals surface area contributed by atoms with Gasteiger partial charge in [0.2, 0.25) is 0 Å². The molecule has 0 spiro atoms. The molecule has 0 saturated carbocycles. The van der Waals surface area contributed by atoms with Crippen LogP contribution in [0.4, 0.5) is 0 Å². The zero-order valence-electron chi connectivity index (χ0n) is 6.04. The van der Waals surface area contributed by atoms with Gasteiger partial charge in [0.1, 0.15) is 5.52 Å². The van der Waals surface area contributed by atoms with Gasteiger partial charge in [0.05, 0.1) is 5.88 Å². The standard InChI is InChI=1S/C7H5Cl2N3/c8-4-6-10-7(9)5-2-1-3-12(5)11-6/h1-3H,4H2. The molecule has 0 aliphatic rings. The number of aromatic nitrogens is 3. The molecule has 0 aliphatic heterocycles. The summed E-state index contributed by atoms with van der Waals surface area (Å²) >= 11 is 11.4. The Labute approximate surface area is 78.9 Å². The van der Waals surface area contributed by atoms with Crippen LogP contribution in [-0.4, -0.2) is 14.6 Å². The van der Waals surface area contributed by atoms with Crippen molar-refractivity contribution in [2.24, 2.45) is 0 Å². The van der Waals surface area contributed by atoms with Crippen LogP contribution in [0.2, 0.25) is 5.15 Å². The van der Waals surface area contributed by atoms with Crippen LogP contribution in [0.25, 0.3) is 5.52 Å². The number of nitrogens with zero attached hydrogens (tertiary/aromatic N) is 3. The molecule has 12 heavy (non-hydrogen) atoms. The summed E-state index contributed by atoms with van der Waals surface area (Å²) < 4.78 is 1.66. The summed E-state index contributed by atoms with van der Waals surface area (Å²) in [4.78, 5) is 3.99. The fraction of sp³-hybridized carbons (Fsp3) is 0.143. The molecular formula is C7H5Cl2N3. The van der Waals surface area contributed by atoms with Gasteiger partial charge in [-0.2, -0.15) is 5.10 Å². The molecule has 2 rings (SSSR count). The average molecular weight is 202 g/mol. The molecule has 62 valence electrons. The number of alkyl halides is 1. The van der Waals surface area contributed by atoms with Gasteiger partial charge in [-0.3, -0.25) is 0 Å². The predicted octanol–water partition coefficient (Wildman–Crippen LogP) is 2.12. The summed E-state index contributed by atoms with van der Waals surface area (Å²) in [5.41, 5.74) is 0.797. The lowest BCUT2D eigenvalue weighted by molar-refractivity contribution is 0.847. The molecule has 3 nitrogen and oxygen atoms in total. The molecule has 5 heteroatoms. The summed E-state index contributed by atoms with van der Waals surface area (Å²) in [6.45, 7) is 0. The average Bonchev–Trinajstić information content (AvgIpc) is 2.52. The minimum absolute atomic E-state index is 0.272. The van der Waals surface area contributed by atoms with E-state index in [9.17, 15) is 0 Å². The first kappa shape index (κ1) is 7.83. The van der Waals surface area contributed by atoms with Crippen molar-refractivity contribution in [1.29, 1.82) is 0 Å². The molecule has 0 radical (unpaired) electrons. The molecule has 0 aliphatic carbocycles. The van der Waals surface area contributed by atoms with E-state index in [1.54, 1.807) is 10.7 Å². The quantitative estimate of drug-likeness (QED) is 0.663. The van der Waals surface area contributed by atoms with Gasteiger partial charge in [0.25, 0.3) is 0 Å². The molecule has 2 aromatic rings. The first-order valence-electron chi connectivity index (χ1n) is 3.37. The lowest BCUT2D eigenvalue weighted by Crippen LogP contribution is -1.99. The molecule has 0 saturated heterocycles. The Kier molecular flexibility index (Phi) is 1.90. The Morgan fingerprint density at radius 1 is 1.50 bits per heavy atom. The zero-order valence-corrected chi connectivity index (χ0v) is 7.55. The lowest BCUT2D eigenvalue weighted by atomic mass is 10.5. The van der Waals surface area contributed by atoms with Gasteiger partial charge in [0, 0.05) is 6.20 Å². The third-order valence-corrected chi connectivity index (χ3v) is 2.03. The third kappa shape index (κ3) is 1.15. The van der Waals surface area contributed by atoms with Gasteiger partial charge in [-0.1, -0.05) is 11.6 Å². The van der Waals surface area contributed by atoms with Crippen molar-refractivity contribution in [2.45, 2.75) is 5.88 Å². The molecule has 0 unspecified atom stereocenters. The molecule has 0 atom stereocenters. The molecule has 2 aromatic heterocycles. The topological polar surface area (TPSA) is 30.2 Å². The first-order valence-corrected chi connectivity index (χ1v) is 4.28. The SMILES string of the molecule is ClCc1nc(Cl)c2cccn2n1. The van der Waals surface area contributed by atoms with Crippen molar-refractivity contribution in [2.75, 3.05) is 0 Å². The minimum atomic E-state index is 0.272. The van der Waals surface area contributed by atoms with Crippen LogP contribution >= 0.6 is 23.2 Å². The molecule has 0 N–H and O–H groups in total. The number of hydrogen-bond donors (Lipinski definition) is 0. The van der Waals surface area contributed by atoms with Gasteiger partial charge < -0.3 is 0 Å². The van der Waals surface area contributed by atoms with Crippen molar-refractivity contribution >= 4 is 28.7 Å². The van der Waals surface area contributed by atoms with E-state index in [1.165, 1.54) is 0 Å². The summed E-state index contributed by atoms with van der Waals surface area (Å²) in [5, 5.41) is 4.54. The Morgan fingerprint density at radius 3 is 3.08 bits per heavy atom. The molecule has 2 heterocycles. The highest BCUT2D eigenvalue weighted by atomic mass is 35.5. The maximum atomic E-state index is 5.85. The summed E-state index contributed by atoms with van der Waals surface area (Å²) in [7, 11) is 0. The molecule has 0 aromatic carbocycles. The van der Waals surface area contributed by atoms with Crippen LogP contribution in [0.3, 0.4) is 0 Å². The number of hydrogen-bond acceptors (Lipinski definition) is 2. The van der Waals surface area contributed by atoms with E-state index in [0.29, 0.717) is 11.0 Å².